The van der Waals surface area contributed by atoms with Crippen LogP contribution in [0.15, 0.2) is 54.6 Å². The Hall–Kier alpha value is -3.46. The molecule has 4 rings (SSSR count). The van der Waals surface area contributed by atoms with E-state index >= 15 is 0 Å². The van der Waals surface area contributed by atoms with Crippen LogP contribution in [0.25, 0.3) is 11.0 Å². The first-order valence-electron chi connectivity index (χ1n) is 10.3. The van der Waals surface area contributed by atoms with Crippen LogP contribution in [0.4, 0.5) is 5.82 Å². The maximum absolute atomic E-state index is 12.9. The van der Waals surface area contributed by atoms with Gasteiger partial charge in [-0.15, -0.1) is 0 Å². The minimum absolute atomic E-state index is 0.120. The van der Waals surface area contributed by atoms with Gasteiger partial charge in [0.15, 0.2) is 11.7 Å². The van der Waals surface area contributed by atoms with Crippen molar-refractivity contribution in [2.45, 2.75) is 32.3 Å². The molecule has 0 N–H and O–H groups in total. The van der Waals surface area contributed by atoms with Crippen LogP contribution in [0.5, 0.6) is 0 Å². The van der Waals surface area contributed by atoms with E-state index in [0.717, 1.165) is 37.0 Å². The Bertz CT molecular complexity index is 1080. The van der Waals surface area contributed by atoms with Crippen LogP contribution in [0, 0.1) is 17.2 Å². The lowest BCUT2D eigenvalue weighted by Crippen LogP contribution is -2.36. The number of nitrogens with zero attached hydrogens (tertiary/aromatic N) is 4. The Kier molecular flexibility index (Phi) is 5.89. The lowest BCUT2D eigenvalue weighted by molar-refractivity contribution is -0.145. The SMILES string of the molecule is C[C@@H]1CCCN(c2nc3ccccc3nc2[C@H](C#N)C(=O)OCc2ccccc2)C1. The molecule has 1 aliphatic rings. The quantitative estimate of drug-likeness (QED) is 0.597. The van der Waals surface area contributed by atoms with Crippen LogP contribution in [0.3, 0.4) is 0 Å². The number of para-hydroxylation sites is 2. The Morgan fingerprint density at radius 2 is 1.87 bits per heavy atom. The fraction of sp³-hybridized carbons (Fsp3) is 0.333. The highest BCUT2D eigenvalue weighted by Gasteiger charge is 2.31. The highest BCUT2D eigenvalue weighted by molar-refractivity contribution is 5.85. The molecule has 1 aromatic heterocycles. The zero-order valence-electron chi connectivity index (χ0n) is 17.0. The van der Waals surface area contributed by atoms with E-state index in [0.29, 0.717) is 22.9 Å². The van der Waals surface area contributed by atoms with Crippen molar-refractivity contribution in [1.82, 2.24) is 9.97 Å². The normalized spacial score (nSPS) is 17.3. The van der Waals surface area contributed by atoms with Crippen molar-refractivity contribution >= 4 is 22.8 Å². The second kappa shape index (κ2) is 8.91. The summed E-state index contributed by atoms with van der Waals surface area (Å²) in [4.78, 5) is 24.5. The summed E-state index contributed by atoms with van der Waals surface area (Å²) in [5.41, 5.74) is 2.67. The largest absolute Gasteiger partial charge is 0.460 e. The van der Waals surface area contributed by atoms with Crippen molar-refractivity contribution in [2.75, 3.05) is 18.0 Å². The molecule has 0 saturated carbocycles. The summed E-state index contributed by atoms with van der Waals surface area (Å²) in [5, 5.41) is 9.86. The Morgan fingerprint density at radius 1 is 1.17 bits per heavy atom. The van der Waals surface area contributed by atoms with Gasteiger partial charge in [-0.05, 0) is 36.5 Å². The van der Waals surface area contributed by atoms with E-state index in [-0.39, 0.29) is 6.61 Å². The molecule has 2 atom stereocenters. The smallest absolute Gasteiger partial charge is 0.330 e. The molecule has 30 heavy (non-hydrogen) atoms. The van der Waals surface area contributed by atoms with Gasteiger partial charge in [0, 0.05) is 13.1 Å². The topological polar surface area (TPSA) is 79.1 Å². The van der Waals surface area contributed by atoms with Crippen LogP contribution in [0.2, 0.25) is 0 Å². The lowest BCUT2D eigenvalue weighted by Gasteiger charge is -2.33. The standard InChI is InChI=1S/C24H24N4O2/c1-17-8-7-13-28(15-17)23-22(26-20-11-5-6-12-21(20)27-23)19(14-25)24(29)30-16-18-9-3-2-4-10-18/h2-6,9-12,17,19H,7-8,13,15-16H2,1H3/t17-,19+/m1/s1. The number of rotatable bonds is 5. The number of anilines is 1. The van der Waals surface area contributed by atoms with Gasteiger partial charge < -0.3 is 9.64 Å². The van der Waals surface area contributed by atoms with Crippen molar-refractivity contribution in [2.24, 2.45) is 5.92 Å². The number of esters is 1. The average molecular weight is 400 g/mol. The molecule has 0 aliphatic carbocycles. The fourth-order valence-corrected chi connectivity index (χ4v) is 3.85. The summed E-state index contributed by atoms with van der Waals surface area (Å²) in [7, 11) is 0. The molecule has 0 spiro atoms. The number of ether oxygens (including phenoxy) is 1. The average Bonchev–Trinajstić information content (AvgIpc) is 2.78. The molecular formula is C24H24N4O2. The van der Waals surface area contributed by atoms with Gasteiger partial charge in [0.05, 0.1) is 17.1 Å². The number of fused-ring (bicyclic) bond motifs is 1. The van der Waals surface area contributed by atoms with Gasteiger partial charge in [0.25, 0.3) is 0 Å². The summed E-state index contributed by atoms with van der Waals surface area (Å²) < 4.78 is 5.46. The van der Waals surface area contributed by atoms with E-state index in [1.807, 2.05) is 54.6 Å². The molecule has 1 saturated heterocycles. The van der Waals surface area contributed by atoms with E-state index in [1.54, 1.807) is 0 Å². The number of hydrogen-bond donors (Lipinski definition) is 0. The highest BCUT2D eigenvalue weighted by atomic mass is 16.5. The monoisotopic (exact) mass is 400 g/mol. The molecule has 0 bridgehead atoms. The first-order chi connectivity index (χ1) is 14.7. The number of nitriles is 1. The predicted octanol–water partition coefficient (Wildman–Crippen LogP) is 4.22. The van der Waals surface area contributed by atoms with Gasteiger partial charge in [-0.2, -0.15) is 5.26 Å². The molecule has 2 heterocycles. The van der Waals surface area contributed by atoms with Gasteiger partial charge in [0.1, 0.15) is 12.3 Å². The zero-order valence-corrected chi connectivity index (χ0v) is 17.0. The first-order valence-corrected chi connectivity index (χ1v) is 10.3. The van der Waals surface area contributed by atoms with Crippen molar-refractivity contribution in [3.8, 4) is 6.07 Å². The summed E-state index contributed by atoms with van der Waals surface area (Å²) in [6.45, 7) is 3.99. The molecule has 6 heteroatoms. The van der Waals surface area contributed by atoms with Crippen LogP contribution >= 0.6 is 0 Å². The van der Waals surface area contributed by atoms with Crippen LogP contribution < -0.4 is 4.90 Å². The summed E-state index contributed by atoms with van der Waals surface area (Å²) >= 11 is 0. The van der Waals surface area contributed by atoms with E-state index in [1.165, 1.54) is 0 Å². The molecule has 0 unspecified atom stereocenters. The molecule has 3 aromatic rings. The number of carbonyl (C=O) groups excluding carboxylic acids is 1. The second-order valence-corrected chi connectivity index (χ2v) is 7.77. The maximum Gasteiger partial charge on any atom is 0.330 e. The maximum atomic E-state index is 12.9. The number of aromatic nitrogens is 2. The number of benzene rings is 2. The minimum atomic E-state index is -1.13. The number of piperidine rings is 1. The van der Waals surface area contributed by atoms with Crippen molar-refractivity contribution < 1.29 is 9.53 Å². The molecule has 6 nitrogen and oxygen atoms in total. The van der Waals surface area contributed by atoms with Crippen molar-refractivity contribution in [1.29, 1.82) is 5.26 Å². The number of hydrogen-bond acceptors (Lipinski definition) is 6. The molecule has 2 aromatic carbocycles. The fourth-order valence-electron chi connectivity index (χ4n) is 3.85. The Balaban J connectivity index is 1.68. The van der Waals surface area contributed by atoms with Gasteiger partial charge in [0.2, 0.25) is 0 Å². The third-order valence-electron chi connectivity index (χ3n) is 5.40. The van der Waals surface area contributed by atoms with E-state index in [9.17, 15) is 10.1 Å². The molecular weight excluding hydrogens is 376 g/mol. The zero-order chi connectivity index (χ0) is 20.9. The van der Waals surface area contributed by atoms with Crippen LogP contribution in [-0.4, -0.2) is 29.0 Å². The molecule has 0 amide bonds. The second-order valence-electron chi connectivity index (χ2n) is 7.77. The first kappa shape index (κ1) is 19.8. The summed E-state index contributed by atoms with van der Waals surface area (Å²) in [6.07, 6.45) is 2.21. The van der Waals surface area contributed by atoms with Gasteiger partial charge in [-0.25, -0.2) is 9.97 Å². The predicted molar refractivity (Wildman–Crippen MR) is 115 cm³/mol. The van der Waals surface area contributed by atoms with Crippen molar-refractivity contribution in [3.63, 3.8) is 0 Å². The van der Waals surface area contributed by atoms with E-state index in [4.69, 9.17) is 14.7 Å². The van der Waals surface area contributed by atoms with Crippen molar-refractivity contribution in [3.05, 3.63) is 65.9 Å². The lowest BCUT2D eigenvalue weighted by atomic mass is 9.99. The molecule has 152 valence electrons. The minimum Gasteiger partial charge on any atom is -0.460 e. The third-order valence-corrected chi connectivity index (χ3v) is 5.40. The van der Waals surface area contributed by atoms with Gasteiger partial charge in [-0.1, -0.05) is 49.4 Å². The van der Waals surface area contributed by atoms with Crippen LogP contribution in [0.1, 0.15) is 36.9 Å². The summed E-state index contributed by atoms with van der Waals surface area (Å²) in [6, 6.07) is 19.1. The highest BCUT2D eigenvalue weighted by Crippen LogP contribution is 2.31. The summed E-state index contributed by atoms with van der Waals surface area (Å²) in [5.74, 6) is -0.593. The third kappa shape index (κ3) is 4.25. The number of carbonyl (C=O) groups is 1. The van der Waals surface area contributed by atoms with E-state index in [2.05, 4.69) is 17.9 Å². The molecule has 1 aliphatic heterocycles. The Morgan fingerprint density at radius 3 is 2.57 bits per heavy atom. The van der Waals surface area contributed by atoms with E-state index < -0.39 is 11.9 Å². The Labute approximate surface area is 176 Å². The molecule has 1 fully saturated rings. The van der Waals surface area contributed by atoms with Gasteiger partial charge >= 0.3 is 5.97 Å². The van der Waals surface area contributed by atoms with Gasteiger partial charge in [-0.3, -0.25) is 4.79 Å². The molecule has 0 radical (unpaired) electrons. The van der Waals surface area contributed by atoms with Crippen LogP contribution in [-0.2, 0) is 16.1 Å².